The number of anilines is 1. The molecule has 0 saturated carbocycles. The second kappa shape index (κ2) is 4.74. The second-order valence-corrected chi connectivity index (χ2v) is 5.07. The van der Waals surface area contributed by atoms with E-state index < -0.39 is 0 Å². The van der Waals surface area contributed by atoms with Crippen LogP contribution in [0.1, 0.15) is 12.1 Å². The van der Waals surface area contributed by atoms with E-state index >= 15 is 0 Å². The maximum atomic E-state index is 11.8. The highest BCUT2D eigenvalue weighted by Gasteiger charge is 2.31. The molecule has 1 atom stereocenters. The van der Waals surface area contributed by atoms with Gasteiger partial charge >= 0.3 is 0 Å². The quantitative estimate of drug-likeness (QED) is 0.622. The minimum atomic E-state index is 0.00712. The molecule has 1 aromatic rings. The fourth-order valence-electron chi connectivity index (χ4n) is 1.72. The first-order chi connectivity index (χ1) is 8.02. The van der Waals surface area contributed by atoms with Gasteiger partial charge in [0, 0.05) is 18.9 Å². The molecule has 0 aliphatic carbocycles. The van der Waals surface area contributed by atoms with Crippen LogP contribution in [-0.2, 0) is 4.79 Å². The van der Waals surface area contributed by atoms with Gasteiger partial charge in [0.05, 0.1) is 10.2 Å². The Bertz CT molecular complexity index is 469. The summed E-state index contributed by atoms with van der Waals surface area (Å²) in [6.45, 7) is 6.08. The molecule has 1 fully saturated rings. The predicted molar refractivity (Wildman–Crippen MR) is 70.1 cm³/mol. The molecule has 0 radical (unpaired) electrons. The van der Waals surface area contributed by atoms with Crippen molar-refractivity contribution in [3.05, 3.63) is 28.0 Å². The van der Waals surface area contributed by atoms with Crippen molar-refractivity contribution in [2.24, 2.45) is 5.92 Å². The van der Waals surface area contributed by atoms with Gasteiger partial charge in [-0.3, -0.25) is 9.69 Å². The Labute approximate surface area is 113 Å². The Balaban J connectivity index is 2.35. The van der Waals surface area contributed by atoms with E-state index in [0.29, 0.717) is 28.5 Å². The summed E-state index contributed by atoms with van der Waals surface area (Å²) in [5.41, 5.74) is 0.717. The first kappa shape index (κ1) is 12.5. The van der Waals surface area contributed by atoms with Gasteiger partial charge in [0.15, 0.2) is 0 Å². The normalized spacial score (nSPS) is 19.8. The average Bonchev–Trinajstić information content (AvgIpc) is 2.67. The largest absolute Gasteiger partial charge is 0.280 e. The van der Waals surface area contributed by atoms with E-state index in [0.717, 1.165) is 5.69 Å². The van der Waals surface area contributed by atoms with E-state index in [9.17, 15) is 4.79 Å². The van der Waals surface area contributed by atoms with Crippen molar-refractivity contribution in [2.45, 2.75) is 13.3 Å². The summed E-state index contributed by atoms with van der Waals surface area (Å²) in [7, 11) is 0. The molecule has 6 heteroatoms. The van der Waals surface area contributed by atoms with Crippen LogP contribution in [-0.4, -0.2) is 22.4 Å². The third kappa shape index (κ3) is 2.35. The molecule has 4 nitrogen and oxygen atoms in total. The molecule has 0 N–H and O–H groups in total. The molecule has 90 valence electrons. The Morgan fingerprint density at radius 3 is 2.82 bits per heavy atom. The number of amides is 1. The van der Waals surface area contributed by atoms with Gasteiger partial charge in [-0.2, -0.15) is 4.98 Å². The first-order valence-electron chi connectivity index (χ1n) is 5.15. The van der Waals surface area contributed by atoms with Crippen LogP contribution in [0.25, 0.3) is 0 Å². The fraction of sp³-hybridized carbons (Fsp3) is 0.364. The molecule has 0 aromatic carbocycles. The Morgan fingerprint density at radius 1 is 1.59 bits per heavy atom. The predicted octanol–water partition coefficient (Wildman–Crippen LogP) is 2.74. The van der Waals surface area contributed by atoms with Crippen LogP contribution >= 0.6 is 27.5 Å². The number of rotatable bonds is 2. The molecule has 1 aliphatic rings. The fourth-order valence-corrected chi connectivity index (χ4v) is 2.11. The van der Waals surface area contributed by atoms with E-state index in [1.165, 1.54) is 0 Å². The minimum absolute atomic E-state index is 0.00712. The van der Waals surface area contributed by atoms with Gasteiger partial charge in [-0.05, 0) is 22.9 Å². The number of hydrogen-bond donors (Lipinski definition) is 0. The lowest BCUT2D eigenvalue weighted by Gasteiger charge is -2.15. The Kier molecular flexibility index (Phi) is 3.49. The molecule has 1 aromatic heterocycles. The highest BCUT2D eigenvalue weighted by Crippen LogP contribution is 2.28. The number of carbonyl (C=O) groups excluding carboxylic acids is 1. The molecule has 0 bridgehead atoms. The van der Waals surface area contributed by atoms with Crippen molar-refractivity contribution in [3.8, 4) is 0 Å². The van der Waals surface area contributed by atoms with Gasteiger partial charge in [0.1, 0.15) is 5.15 Å². The zero-order chi connectivity index (χ0) is 12.6. The molecular weight excluding hydrogens is 305 g/mol. The lowest BCUT2D eigenvalue weighted by Crippen LogP contribution is -2.26. The van der Waals surface area contributed by atoms with Gasteiger partial charge < -0.3 is 0 Å². The third-order valence-corrected chi connectivity index (χ3v) is 4.15. The SMILES string of the molecule is C=CC1CC(=O)N(c2nc(C)c(Br)c(Cl)n2)C1. The summed E-state index contributed by atoms with van der Waals surface area (Å²) in [5, 5.41) is 0.322. The van der Waals surface area contributed by atoms with E-state index in [1.807, 2.05) is 6.92 Å². The molecular formula is C11H11BrClN3O. The molecule has 2 rings (SSSR count). The van der Waals surface area contributed by atoms with Crippen LogP contribution in [0.2, 0.25) is 5.15 Å². The van der Waals surface area contributed by atoms with Crippen LogP contribution in [0.4, 0.5) is 5.95 Å². The van der Waals surface area contributed by atoms with E-state index in [-0.39, 0.29) is 11.8 Å². The van der Waals surface area contributed by atoms with E-state index in [4.69, 9.17) is 11.6 Å². The van der Waals surface area contributed by atoms with Gasteiger partial charge in [-0.25, -0.2) is 4.98 Å². The summed E-state index contributed by atoms with van der Waals surface area (Å²) in [6.07, 6.45) is 2.24. The van der Waals surface area contributed by atoms with Crippen molar-refractivity contribution in [1.29, 1.82) is 0 Å². The lowest BCUT2D eigenvalue weighted by atomic mass is 10.1. The summed E-state index contributed by atoms with van der Waals surface area (Å²) < 4.78 is 0.662. The topological polar surface area (TPSA) is 46.1 Å². The molecule has 17 heavy (non-hydrogen) atoms. The number of aromatic nitrogens is 2. The van der Waals surface area contributed by atoms with E-state index in [1.54, 1.807) is 11.0 Å². The third-order valence-electron chi connectivity index (χ3n) is 2.69. The Hall–Kier alpha value is -0.940. The molecule has 1 aliphatic heterocycles. The van der Waals surface area contributed by atoms with Crippen molar-refractivity contribution in [3.63, 3.8) is 0 Å². The average molecular weight is 317 g/mol. The maximum absolute atomic E-state index is 11.8. The van der Waals surface area contributed by atoms with Crippen LogP contribution < -0.4 is 4.90 Å². The summed E-state index contributed by atoms with van der Waals surface area (Å²) in [5.74, 6) is 0.534. The zero-order valence-electron chi connectivity index (χ0n) is 9.28. The number of halogens is 2. The van der Waals surface area contributed by atoms with Crippen LogP contribution in [0.5, 0.6) is 0 Å². The maximum Gasteiger partial charge on any atom is 0.233 e. The molecule has 2 heterocycles. The first-order valence-corrected chi connectivity index (χ1v) is 6.32. The summed E-state index contributed by atoms with van der Waals surface area (Å²) in [6, 6.07) is 0. The molecule has 1 amide bonds. The monoisotopic (exact) mass is 315 g/mol. The number of carbonyl (C=O) groups is 1. The second-order valence-electron chi connectivity index (χ2n) is 3.92. The number of aryl methyl sites for hydroxylation is 1. The molecule has 1 unspecified atom stereocenters. The zero-order valence-corrected chi connectivity index (χ0v) is 11.6. The van der Waals surface area contributed by atoms with Crippen LogP contribution in [0, 0.1) is 12.8 Å². The van der Waals surface area contributed by atoms with Crippen molar-refractivity contribution >= 4 is 39.4 Å². The lowest BCUT2D eigenvalue weighted by molar-refractivity contribution is -0.117. The van der Waals surface area contributed by atoms with Crippen LogP contribution in [0.3, 0.4) is 0 Å². The molecule has 1 saturated heterocycles. The van der Waals surface area contributed by atoms with Gasteiger partial charge in [0.2, 0.25) is 11.9 Å². The van der Waals surface area contributed by atoms with Gasteiger partial charge in [0.25, 0.3) is 0 Å². The van der Waals surface area contributed by atoms with Gasteiger partial charge in [-0.1, -0.05) is 17.7 Å². The highest BCUT2D eigenvalue weighted by molar-refractivity contribution is 9.10. The smallest absolute Gasteiger partial charge is 0.233 e. The van der Waals surface area contributed by atoms with Gasteiger partial charge in [-0.15, -0.1) is 6.58 Å². The van der Waals surface area contributed by atoms with E-state index in [2.05, 4.69) is 32.5 Å². The summed E-state index contributed by atoms with van der Waals surface area (Å²) in [4.78, 5) is 21.7. The van der Waals surface area contributed by atoms with Crippen molar-refractivity contribution in [2.75, 3.05) is 11.4 Å². The van der Waals surface area contributed by atoms with Crippen molar-refractivity contribution in [1.82, 2.24) is 9.97 Å². The van der Waals surface area contributed by atoms with Crippen molar-refractivity contribution < 1.29 is 4.79 Å². The minimum Gasteiger partial charge on any atom is -0.280 e. The summed E-state index contributed by atoms with van der Waals surface area (Å²) >= 11 is 9.25. The molecule has 0 spiro atoms. The number of hydrogen-bond acceptors (Lipinski definition) is 3. The highest BCUT2D eigenvalue weighted by atomic mass is 79.9. The standard InChI is InChI=1S/C11H11BrClN3O/c1-3-7-4-8(17)16(5-7)11-14-6(2)9(12)10(13)15-11/h3,7H,1,4-5H2,2H3. The number of nitrogens with zero attached hydrogens (tertiary/aromatic N) is 3. The van der Waals surface area contributed by atoms with Crippen LogP contribution in [0.15, 0.2) is 17.1 Å². The Morgan fingerprint density at radius 2 is 2.29 bits per heavy atom.